The fraction of sp³-hybridized carbons (Fsp3) is 0.333. The molecule has 35 heavy (non-hydrogen) atoms. The number of hydrogen-bond donors (Lipinski definition) is 2. The zero-order chi connectivity index (χ0) is 24.8. The number of nitrogens with one attached hydrogen (secondary N) is 1. The van der Waals surface area contributed by atoms with Crippen LogP contribution in [-0.4, -0.2) is 28.5 Å². The Morgan fingerprint density at radius 1 is 0.914 bits per heavy atom. The maximum absolute atomic E-state index is 13.7. The molecule has 2 aliphatic rings. The molecule has 3 aromatic rings. The third kappa shape index (κ3) is 4.02. The molecule has 0 amide bonds. The second-order valence-corrected chi connectivity index (χ2v) is 13.2. The summed E-state index contributed by atoms with van der Waals surface area (Å²) in [5.74, 6) is 0. The van der Waals surface area contributed by atoms with Gasteiger partial charge in [-0.25, -0.2) is 21.6 Å². The lowest BCUT2D eigenvalue weighted by molar-refractivity contribution is 0.182. The Bertz CT molecular complexity index is 1480. The van der Waals surface area contributed by atoms with Crippen LogP contribution in [0.2, 0.25) is 0 Å². The van der Waals surface area contributed by atoms with Crippen molar-refractivity contribution in [2.45, 2.75) is 65.2 Å². The molecule has 1 fully saturated rings. The van der Waals surface area contributed by atoms with Crippen LogP contribution >= 0.6 is 0 Å². The highest BCUT2D eigenvalue weighted by Crippen LogP contribution is 2.53. The lowest BCUT2D eigenvalue weighted by atomic mass is 9.65. The summed E-state index contributed by atoms with van der Waals surface area (Å²) in [7, 11) is -7.96. The van der Waals surface area contributed by atoms with Crippen molar-refractivity contribution >= 4 is 19.9 Å². The zero-order valence-electron chi connectivity index (χ0n) is 19.6. The SMILES string of the molecule is Cc1cc2c(cc1S(=O)(=O)NCC(O)c1ccccc1)S(=O)(=O)c1ccccc1C21CCCCC1. The summed E-state index contributed by atoms with van der Waals surface area (Å²) in [6, 6.07) is 19.0. The van der Waals surface area contributed by atoms with Gasteiger partial charge in [0.25, 0.3) is 0 Å². The van der Waals surface area contributed by atoms with Crippen LogP contribution in [0.25, 0.3) is 0 Å². The lowest BCUT2D eigenvalue weighted by Crippen LogP contribution is -2.37. The van der Waals surface area contributed by atoms with Crippen molar-refractivity contribution in [3.8, 4) is 0 Å². The van der Waals surface area contributed by atoms with E-state index in [-0.39, 0.29) is 21.2 Å². The number of rotatable bonds is 5. The van der Waals surface area contributed by atoms with Gasteiger partial charge in [0.15, 0.2) is 0 Å². The minimum Gasteiger partial charge on any atom is -0.387 e. The molecule has 6 nitrogen and oxygen atoms in total. The van der Waals surface area contributed by atoms with Gasteiger partial charge in [-0.2, -0.15) is 0 Å². The van der Waals surface area contributed by atoms with E-state index in [1.54, 1.807) is 49.4 Å². The molecule has 5 rings (SSSR count). The summed E-state index contributed by atoms with van der Waals surface area (Å²) in [6.07, 6.45) is 3.73. The molecule has 3 aromatic carbocycles. The van der Waals surface area contributed by atoms with E-state index in [2.05, 4.69) is 4.72 Å². The Balaban J connectivity index is 1.59. The molecule has 1 atom stereocenters. The van der Waals surface area contributed by atoms with Gasteiger partial charge < -0.3 is 5.11 Å². The highest BCUT2D eigenvalue weighted by Gasteiger charge is 2.47. The number of aliphatic hydroxyl groups excluding tert-OH is 1. The maximum atomic E-state index is 13.7. The number of hydrogen-bond acceptors (Lipinski definition) is 5. The molecule has 1 saturated carbocycles. The molecular weight excluding hydrogens is 482 g/mol. The second-order valence-electron chi connectivity index (χ2n) is 9.53. The average molecular weight is 512 g/mol. The zero-order valence-corrected chi connectivity index (χ0v) is 21.2. The van der Waals surface area contributed by atoms with Crippen LogP contribution in [0.5, 0.6) is 0 Å². The van der Waals surface area contributed by atoms with Gasteiger partial charge in [0.1, 0.15) is 0 Å². The smallest absolute Gasteiger partial charge is 0.240 e. The predicted molar refractivity (Wildman–Crippen MR) is 134 cm³/mol. The van der Waals surface area contributed by atoms with E-state index < -0.39 is 31.4 Å². The molecule has 1 aliphatic carbocycles. The summed E-state index contributed by atoms with van der Waals surface area (Å²) < 4.78 is 56.4. The number of aryl methyl sites for hydroxylation is 1. The molecule has 0 saturated heterocycles. The standard InChI is InChI=1S/C27H29NO5S2/c1-19-16-22-26(17-25(19)35(32,33)28-18-23(29)20-10-4-2-5-11-20)34(30,31)24-13-7-6-12-21(24)27(22)14-8-3-9-15-27/h2,4-7,10-13,16-17,23,28-29H,3,8-9,14-15,18H2,1H3. The normalized spacial score (nSPS) is 19.0. The van der Waals surface area contributed by atoms with Crippen LogP contribution in [0, 0.1) is 6.92 Å². The minimum atomic E-state index is -4.07. The first-order valence-electron chi connectivity index (χ1n) is 11.9. The van der Waals surface area contributed by atoms with E-state index in [1.165, 1.54) is 6.07 Å². The van der Waals surface area contributed by atoms with Crippen LogP contribution in [0.1, 0.15) is 60.5 Å². The van der Waals surface area contributed by atoms with Crippen molar-refractivity contribution in [1.82, 2.24) is 4.72 Å². The van der Waals surface area contributed by atoms with Gasteiger partial charge in [-0.3, -0.25) is 0 Å². The fourth-order valence-electron chi connectivity index (χ4n) is 5.67. The van der Waals surface area contributed by atoms with E-state index >= 15 is 0 Å². The Morgan fingerprint density at radius 3 is 2.29 bits per heavy atom. The van der Waals surface area contributed by atoms with Crippen LogP contribution < -0.4 is 4.72 Å². The van der Waals surface area contributed by atoms with Gasteiger partial charge in [-0.1, -0.05) is 73.9 Å². The third-order valence-corrected chi connectivity index (χ3v) is 10.8. The minimum absolute atomic E-state index is 0.0766. The van der Waals surface area contributed by atoms with Gasteiger partial charge in [0.2, 0.25) is 19.9 Å². The Labute approximate surface area is 207 Å². The first-order chi connectivity index (χ1) is 16.7. The van der Waals surface area contributed by atoms with Gasteiger partial charge in [0.05, 0.1) is 20.8 Å². The average Bonchev–Trinajstić information content (AvgIpc) is 2.87. The fourth-order valence-corrected chi connectivity index (χ4v) is 8.90. The highest BCUT2D eigenvalue weighted by molar-refractivity contribution is 7.92. The summed E-state index contributed by atoms with van der Waals surface area (Å²) in [5, 5.41) is 10.4. The van der Waals surface area contributed by atoms with E-state index in [1.807, 2.05) is 18.2 Å². The van der Waals surface area contributed by atoms with E-state index in [0.29, 0.717) is 16.7 Å². The quantitative estimate of drug-likeness (QED) is 0.529. The second kappa shape index (κ2) is 8.85. The third-order valence-electron chi connectivity index (χ3n) is 7.42. The van der Waals surface area contributed by atoms with Crippen LogP contribution in [-0.2, 0) is 25.3 Å². The number of aliphatic hydroxyl groups is 1. The van der Waals surface area contributed by atoms with Crippen molar-refractivity contribution in [2.24, 2.45) is 0 Å². The molecule has 1 unspecified atom stereocenters. The molecule has 0 bridgehead atoms. The van der Waals surface area contributed by atoms with Gasteiger partial charge in [0, 0.05) is 12.0 Å². The molecule has 0 aromatic heterocycles. The van der Waals surface area contributed by atoms with Gasteiger partial charge >= 0.3 is 0 Å². The molecule has 8 heteroatoms. The topological polar surface area (TPSA) is 101 Å². The maximum Gasteiger partial charge on any atom is 0.240 e. The first-order valence-corrected chi connectivity index (χ1v) is 14.9. The van der Waals surface area contributed by atoms with Crippen molar-refractivity contribution in [3.63, 3.8) is 0 Å². The first kappa shape index (κ1) is 24.2. The number of sulfone groups is 1. The molecule has 0 radical (unpaired) electrons. The monoisotopic (exact) mass is 511 g/mol. The molecule has 1 spiro atoms. The Morgan fingerprint density at radius 2 is 1.57 bits per heavy atom. The number of sulfonamides is 1. The molecule has 2 N–H and O–H groups in total. The van der Waals surface area contributed by atoms with Crippen LogP contribution in [0.3, 0.4) is 0 Å². The summed E-state index contributed by atoms with van der Waals surface area (Å²) in [5.41, 5.74) is 2.18. The van der Waals surface area contributed by atoms with Crippen molar-refractivity contribution in [1.29, 1.82) is 0 Å². The van der Waals surface area contributed by atoms with Crippen LogP contribution in [0.15, 0.2) is 81.4 Å². The van der Waals surface area contributed by atoms with E-state index in [0.717, 1.165) is 37.7 Å². The summed E-state index contributed by atoms with van der Waals surface area (Å²) in [6.45, 7) is 1.48. The van der Waals surface area contributed by atoms with Gasteiger partial charge in [-0.15, -0.1) is 0 Å². The van der Waals surface area contributed by atoms with Crippen LogP contribution in [0.4, 0.5) is 0 Å². The number of benzene rings is 3. The van der Waals surface area contributed by atoms with E-state index in [9.17, 15) is 21.9 Å². The van der Waals surface area contributed by atoms with Crippen molar-refractivity contribution in [2.75, 3.05) is 6.54 Å². The van der Waals surface area contributed by atoms with Crippen molar-refractivity contribution in [3.05, 3.63) is 89.0 Å². The molecule has 184 valence electrons. The van der Waals surface area contributed by atoms with Gasteiger partial charge in [-0.05, 0) is 54.2 Å². The largest absolute Gasteiger partial charge is 0.387 e. The number of fused-ring (bicyclic) bond motifs is 4. The van der Waals surface area contributed by atoms with E-state index in [4.69, 9.17) is 0 Å². The molecular formula is C27H29NO5S2. The Hall–Kier alpha value is -2.52. The molecule has 1 heterocycles. The summed E-state index contributed by atoms with van der Waals surface area (Å²) in [4.78, 5) is 0.271. The molecule has 1 aliphatic heterocycles. The Kier molecular flexibility index (Phi) is 6.12. The van der Waals surface area contributed by atoms with Crippen molar-refractivity contribution < 1.29 is 21.9 Å². The summed E-state index contributed by atoms with van der Waals surface area (Å²) >= 11 is 0. The lowest BCUT2D eigenvalue weighted by Gasteiger charge is -2.43. The predicted octanol–water partition coefficient (Wildman–Crippen LogP) is 4.40. The highest BCUT2D eigenvalue weighted by atomic mass is 32.2.